The highest BCUT2D eigenvalue weighted by molar-refractivity contribution is 5.81. The Balaban J connectivity index is 2.80. The van der Waals surface area contributed by atoms with Gasteiger partial charge in [0.05, 0.1) is 0 Å². The molecule has 1 rings (SSSR count). The Hall–Kier alpha value is -2.12. The number of nitrogens with zero attached hydrogens (tertiary/aromatic N) is 1. The van der Waals surface area contributed by atoms with Gasteiger partial charge in [-0.2, -0.15) is 0 Å². The molecule has 0 aliphatic heterocycles. The van der Waals surface area contributed by atoms with Crippen molar-refractivity contribution in [2.45, 2.75) is 51.7 Å². The Morgan fingerprint density at radius 2 is 1.80 bits per heavy atom. The SMILES string of the molecule is COC(O)C[C@@H](C(=O)OCc1ccccc1)N(C)C(=O)OC(C)(C)C. The second-order valence-electron chi connectivity index (χ2n) is 6.63. The predicted molar refractivity (Wildman–Crippen MR) is 91.7 cm³/mol. The second kappa shape index (κ2) is 9.39. The molecule has 0 saturated heterocycles. The average molecular weight is 353 g/mol. The lowest BCUT2D eigenvalue weighted by molar-refractivity contribution is -0.156. The van der Waals surface area contributed by atoms with Crippen molar-refractivity contribution >= 4 is 12.1 Å². The summed E-state index contributed by atoms with van der Waals surface area (Å²) in [5.41, 5.74) is 0.116. The van der Waals surface area contributed by atoms with Crippen molar-refractivity contribution < 1.29 is 28.9 Å². The van der Waals surface area contributed by atoms with E-state index in [0.29, 0.717) is 0 Å². The van der Waals surface area contributed by atoms with E-state index in [4.69, 9.17) is 14.2 Å². The van der Waals surface area contributed by atoms with Crippen LogP contribution in [0.4, 0.5) is 4.79 Å². The van der Waals surface area contributed by atoms with Crippen molar-refractivity contribution in [3.63, 3.8) is 0 Å². The van der Waals surface area contributed by atoms with Gasteiger partial charge in [-0.15, -0.1) is 0 Å². The van der Waals surface area contributed by atoms with Gasteiger partial charge in [0.1, 0.15) is 18.2 Å². The summed E-state index contributed by atoms with van der Waals surface area (Å²) in [5.74, 6) is -0.645. The number of amides is 1. The largest absolute Gasteiger partial charge is 0.459 e. The summed E-state index contributed by atoms with van der Waals surface area (Å²) in [6.45, 7) is 5.25. The van der Waals surface area contributed by atoms with Crippen LogP contribution in [0.5, 0.6) is 0 Å². The average Bonchev–Trinajstić information content (AvgIpc) is 2.56. The molecule has 0 spiro atoms. The highest BCUT2D eigenvalue weighted by Gasteiger charge is 2.33. The molecule has 1 N–H and O–H groups in total. The summed E-state index contributed by atoms with van der Waals surface area (Å²) < 4.78 is 15.3. The van der Waals surface area contributed by atoms with Gasteiger partial charge in [0, 0.05) is 20.6 Å². The number of methoxy groups -OCH3 is 1. The van der Waals surface area contributed by atoms with E-state index in [1.807, 2.05) is 30.3 Å². The van der Waals surface area contributed by atoms with Crippen LogP contribution in [-0.2, 0) is 25.6 Å². The number of benzene rings is 1. The fraction of sp³-hybridized carbons (Fsp3) is 0.556. The number of esters is 1. The van der Waals surface area contributed by atoms with E-state index in [1.54, 1.807) is 20.8 Å². The molecule has 7 heteroatoms. The van der Waals surface area contributed by atoms with E-state index in [9.17, 15) is 14.7 Å². The monoisotopic (exact) mass is 353 g/mol. The molecular formula is C18H27NO6. The fourth-order valence-electron chi connectivity index (χ4n) is 1.99. The number of hydrogen-bond donors (Lipinski definition) is 1. The zero-order valence-corrected chi connectivity index (χ0v) is 15.4. The minimum absolute atomic E-state index is 0.0708. The van der Waals surface area contributed by atoms with Gasteiger partial charge in [-0.25, -0.2) is 9.59 Å². The molecule has 0 saturated carbocycles. The number of aliphatic hydroxyl groups excluding tert-OH is 1. The topological polar surface area (TPSA) is 85.3 Å². The zero-order valence-electron chi connectivity index (χ0n) is 15.4. The van der Waals surface area contributed by atoms with E-state index in [1.165, 1.54) is 14.2 Å². The first-order valence-electron chi connectivity index (χ1n) is 8.01. The summed E-state index contributed by atoms with van der Waals surface area (Å²) in [6.07, 6.45) is -2.02. The van der Waals surface area contributed by atoms with E-state index in [-0.39, 0.29) is 13.0 Å². The maximum Gasteiger partial charge on any atom is 0.410 e. The van der Waals surface area contributed by atoms with Crippen molar-refractivity contribution in [3.05, 3.63) is 35.9 Å². The van der Waals surface area contributed by atoms with Crippen molar-refractivity contribution in [1.82, 2.24) is 4.90 Å². The molecule has 0 aliphatic rings. The summed E-state index contributed by atoms with van der Waals surface area (Å²) in [6, 6.07) is 8.14. The molecule has 1 amide bonds. The predicted octanol–water partition coefficient (Wildman–Crippen LogP) is 2.32. The molecular weight excluding hydrogens is 326 g/mol. The van der Waals surface area contributed by atoms with Crippen molar-refractivity contribution in [3.8, 4) is 0 Å². The Labute approximate surface area is 148 Å². The summed E-state index contributed by atoms with van der Waals surface area (Å²) in [4.78, 5) is 25.8. The van der Waals surface area contributed by atoms with E-state index in [2.05, 4.69) is 0 Å². The van der Waals surface area contributed by atoms with Crippen LogP contribution in [0.3, 0.4) is 0 Å². The van der Waals surface area contributed by atoms with Crippen LogP contribution in [0.1, 0.15) is 32.8 Å². The Bertz CT molecular complexity index is 554. The lowest BCUT2D eigenvalue weighted by Gasteiger charge is -2.30. The molecule has 1 unspecified atom stereocenters. The van der Waals surface area contributed by atoms with E-state index < -0.39 is 30.0 Å². The third-order valence-electron chi connectivity index (χ3n) is 3.34. The van der Waals surface area contributed by atoms with E-state index >= 15 is 0 Å². The van der Waals surface area contributed by atoms with Crippen molar-refractivity contribution in [1.29, 1.82) is 0 Å². The van der Waals surface area contributed by atoms with Crippen LogP contribution in [-0.4, -0.2) is 54.2 Å². The Morgan fingerprint density at radius 1 is 1.20 bits per heavy atom. The summed E-state index contributed by atoms with van der Waals surface area (Å²) in [5, 5.41) is 9.72. The highest BCUT2D eigenvalue weighted by Crippen LogP contribution is 2.15. The van der Waals surface area contributed by atoms with Gasteiger partial charge in [-0.3, -0.25) is 4.90 Å². The molecule has 7 nitrogen and oxygen atoms in total. The molecule has 25 heavy (non-hydrogen) atoms. The quantitative estimate of drug-likeness (QED) is 0.598. The lowest BCUT2D eigenvalue weighted by Crippen LogP contribution is -2.47. The molecule has 0 radical (unpaired) electrons. The summed E-state index contributed by atoms with van der Waals surface area (Å²) >= 11 is 0. The number of rotatable bonds is 7. The van der Waals surface area contributed by atoms with Gasteiger partial charge in [-0.05, 0) is 26.3 Å². The fourth-order valence-corrected chi connectivity index (χ4v) is 1.99. The van der Waals surface area contributed by atoms with Gasteiger partial charge in [0.15, 0.2) is 6.29 Å². The van der Waals surface area contributed by atoms with Gasteiger partial charge in [0.25, 0.3) is 0 Å². The third kappa shape index (κ3) is 7.53. The van der Waals surface area contributed by atoms with Crippen molar-refractivity contribution in [2.24, 2.45) is 0 Å². The number of carbonyl (C=O) groups excluding carboxylic acids is 2. The van der Waals surface area contributed by atoms with Gasteiger partial charge >= 0.3 is 12.1 Å². The van der Waals surface area contributed by atoms with Crippen LogP contribution in [0.25, 0.3) is 0 Å². The van der Waals surface area contributed by atoms with Crippen LogP contribution >= 0.6 is 0 Å². The molecule has 0 bridgehead atoms. The molecule has 1 aromatic carbocycles. The molecule has 0 heterocycles. The first-order valence-corrected chi connectivity index (χ1v) is 8.01. The van der Waals surface area contributed by atoms with Crippen LogP contribution in [0.15, 0.2) is 30.3 Å². The molecule has 1 aromatic rings. The van der Waals surface area contributed by atoms with Gasteiger partial charge in [0.2, 0.25) is 0 Å². The van der Waals surface area contributed by atoms with Crippen LogP contribution in [0.2, 0.25) is 0 Å². The normalized spacial score (nSPS) is 13.7. The minimum atomic E-state index is -1.21. The number of likely N-dealkylation sites (N-methyl/N-ethyl adjacent to an activating group) is 1. The Kier molecular flexibility index (Phi) is 7.86. The number of aliphatic hydroxyl groups is 1. The maximum atomic E-state index is 12.4. The number of carbonyl (C=O) groups is 2. The highest BCUT2D eigenvalue weighted by atomic mass is 16.6. The first kappa shape index (κ1) is 20.9. The molecule has 2 atom stereocenters. The van der Waals surface area contributed by atoms with E-state index in [0.717, 1.165) is 10.5 Å². The van der Waals surface area contributed by atoms with Crippen molar-refractivity contribution in [2.75, 3.05) is 14.2 Å². The molecule has 0 aliphatic carbocycles. The zero-order chi connectivity index (χ0) is 19.0. The molecule has 140 valence electrons. The van der Waals surface area contributed by atoms with Gasteiger partial charge < -0.3 is 19.3 Å². The van der Waals surface area contributed by atoms with Crippen LogP contribution < -0.4 is 0 Å². The lowest BCUT2D eigenvalue weighted by atomic mass is 10.1. The van der Waals surface area contributed by atoms with Gasteiger partial charge in [-0.1, -0.05) is 30.3 Å². The number of ether oxygens (including phenoxy) is 3. The molecule has 0 fully saturated rings. The molecule has 0 aromatic heterocycles. The smallest absolute Gasteiger partial charge is 0.410 e. The minimum Gasteiger partial charge on any atom is -0.459 e. The second-order valence-corrected chi connectivity index (χ2v) is 6.63. The third-order valence-corrected chi connectivity index (χ3v) is 3.34. The standard InChI is InChI=1S/C18H27NO6/c1-18(2,3)25-17(22)19(4)14(11-15(20)23-5)16(21)24-12-13-9-7-6-8-10-13/h6-10,14-15,20H,11-12H2,1-5H3/t14-,15?/m0/s1. The van der Waals surface area contributed by atoms with Crippen LogP contribution in [0, 0.1) is 0 Å². The summed E-state index contributed by atoms with van der Waals surface area (Å²) in [7, 11) is 2.73. The number of hydrogen-bond acceptors (Lipinski definition) is 6. The maximum absolute atomic E-state index is 12.4. The Morgan fingerprint density at radius 3 is 2.32 bits per heavy atom. The first-order chi connectivity index (χ1) is 11.6.